The Kier molecular flexibility index (Phi) is 6.52. The van der Waals surface area contributed by atoms with Gasteiger partial charge < -0.3 is 0 Å². The quantitative estimate of drug-likeness (QED) is 0.772. The van der Waals surface area contributed by atoms with Crippen molar-refractivity contribution < 1.29 is 12.8 Å². The monoisotopic (exact) mass is 349 g/mol. The molecule has 2 aromatic carbocycles. The van der Waals surface area contributed by atoms with Gasteiger partial charge in [0, 0.05) is 12.1 Å². The van der Waals surface area contributed by atoms with Gasteiger partial charge >= 0.3 is 0 Å². The molecule has 0 heterocycles. The number of unbranched alkanes of at least 4 members (excludes halogenated alkanes) is 1. The van der Waals surface area contributed by atoms with Crippen LogP contribution in [0.3, 0.4) is 0 Å². The highest BCUT2D eigenvalue weighted by molar-refractivity contribution is 7.89. The summed E-state index contributed by atoms with van der Waals surface area (Å²) in [6, 6.07) is 14.2. The highest BCUT2D eigenvalue weighted by Crippen LogP contribution is 2.24. The molecular weight excluding hydrogens is 325 g/mol. The van der Waals surface area contributed by atoms with Gasteiger partial charge in [0.1, 0.15) is 5.82 Å². The number of halogens is 1. The fourth-order valence-corrected chi connectivity index (χ4v) is 3.78. The van der Waals surface area contributed by atoms with Crippen LogP contribution in [0.15, 0.2) is 48.5 Å². The van der Waals surface area contributed by atoms with Gasteiger partial charge in [-0.25, -0.2) is 17.5 Å². The van der Waals surface area contributed by atoms with Gasteiger partial charge in [-0.15, -0.1) is 0 Å². The standard InChI is InChI=1S/C19H24FNO2S/c1-3-4-13-24(22,23)21-14-15(2)16-9-11-17(12-10-16)18-7-5-6-8-19(18)20/h5-12,15,21H,3-4,13-14H2,1-2H3. The maximum atomic E-state index is 13.8. The molecule has 24 heavy (non-hydrogen) atoms. The molecule has 0 aliphatic rings. The molecular formula is C19H24FNO2S. The van der Waals surface area contributed by atoms with Crippen molar-refractivity contribution in [3.8, 4) is 11.1 Å². The van der Waals surface area contributed by atoms with Crippen molar-refractivity contribution in [3.05, 3.63) is 59.9 Å². The molecule has 5 heteroatoms. The van der Waals surface area contributed by atoms with Gasteiger partial charge in [-0.1, -0.05) is 62.7 Å². The lowest BCUT2D eigenvalue weighted by atomic mass is 9.97. The first-order valence-corrected chi connectivity index (χ1v) is 9.90. The van der Waals surface area contributed by atoms with Gasteiger partial charge in [0.05, 0.1) is 5.75 Å². The van der Waals surface area contributed by atoms with Crippen molar-refractivity contribution >= 4 is 10.0 Å². The summed E-state index contributed by atoms with van der Waals surface area (Å²) in [6.45, 7) is 4.31. The zero-order valence-electron chi connectivity index (χ0n) is 14.1. The molecule has 1 unspecified atom stereocenters. The Morgan fingerprint density at radius 3 is 2.38 bits per heavy atom. The molecule has 1 N–H and O–H groups in total. The van der Waals surface area contributed by atoms with Crippen LogP contribution in [0, 0.1) is 5.82 Å². The van der Waals surface area contributed by atoms with E-state index in [0.29, 0.717) is 18.5 Å². The van der Waals surface area contributed by atoms with Crippen molar-refractivity contribution in [1.29, 1.82) is 0 Å². The van der Waals surface area contributed by atoms with Crippen molar-refractivity contribution in [2.24, 2.45) is 0 Å². The van der Waals surface area contributed by atoms with Crippen LogP contribution >= 0.6 is 0 Å². The second-order valence-electron chi connectivity index (χ2n) is 6.02. The van der Waals surface area contributed by atoms with Crippen LogP contribution in [0.4, 0.5) is 4.39 Å². The molecule has 3 nitrogen and oxygen atoms in total. The molecule has 0 saturated heterocycles. The molecule has 0 radical (unpaired) electrons. The number of sulfonamides is 1. The van der Waals surface area contributed by atoms with Gasteiger partial charge in [-0.2, -0.15) is 0 Å². The Labute approximate surface area is 144 Å². The van der Waals surface area contributed by atoms with Crippen LogP contribution in [0.5, 0.6) is 0 Å². The van der Waals surface area contributed by atoms with Crippen molar-refractivity contribution in [2.75, 3.05) is 12.3 Å². The lowest BCUT2D eigenvalue weighted by Gasteiger charge is -2.14. The largest absolute Gasteiger partial charge is 0.215 e. The third-order valence-electron chi connectivity index (χ3n) is 4.04. The summed E-state index contributed by atoms with van der Waals surface area (Å²) in [6.07, 6.45) is 1.52. The van der Waals surface area contributed by atoms with E-state index in [-0.39, 0.29) is 17.5 Å². The van der Waals surface area contributed by atoms with Crippen LogP contribution in [0.2, 0.25) is 0 Å². The SMILES string of the molecule is CCCCS(=O)(=O)NCC(C)c1ccc(-c2ccccc2F)cc1. The van der Waals surface area contributed by atoms with E-state index >= 15 is 0 Å². The third-order valence-corrected chi connectivity index (χ3v) is 5.47. The Morgan fingerprint density at radius 1 is 1.08 bits per heavy atom. The van der Waals surface area contributed by atoms with E-state index in [2.05, 4.69) is 4.72 Å². The fourth-order valence-electron chi connectivity index (χ4n) is 2.46. The van der Waals surface area contributed by atoms with E-state index in [1.807, 2.05) is 38.1 Å². The highest BCUT2D eigenvalue weighted by atomic mass is 32.2. The van der Waals surface area contributed by atoms with Gasteiger partial charge in [0.2, 0.25) is 10.0 Å². The zero-order valence-corrected chi connectivity index (χ0v) is 14.9. The summed E-state index contributed by atoms with van der Waals surface area (Å²) in [7, 11) is -3.20. The molecule has 0 saturated carbocycles. The molecule has 1 atom stereocenters. The molecule has 0 aromatic heterocycles. The number of rotatable bonds is 8. The maximum Gasteiger partial charge on any atom is 0.211 e. The zero-order chi connectivity index (χ0) is 17.6. The number of hydrogen-bond donors (Lipinski definition) is 1. The third kappa shape index (κ3) is 5.14. The number of benzene rings is 2. The van der Waals surface area contributed by atoms with E-state index in [1.165, 1.54) is 6.07 Å². The van der Waals surface area contributed by atoms with Crippen molar-refractivity contribution in [3.63, 3.8) is 0 Å². The highest BCUT2D eigenvalue weighted by Gasteiger charge is 2.13. The molecule has 0 aliphatic carbocycles. The Morgan fingerprint density at radius 2 is 1.75 bits per heavy atom. The lowest BCUT2D eigenvalue weighted by Crippen LogP contribution is -2.29. The first-order valence-electron chi connectivity index (χ1n) is 8.25. The van der Waals surface area contributed by atoms with Gasteiger partial charge in [-0.05, 0) is 29.5 Å². The summed E-state index contributed by atoms with van der Waals surface area (Å²) >= 11 is 0. The minimum atomic E-state index is -3.20. The molecule has 0 bridgehead atoms. The minimum absolute atomic E-state index is 0.0519. The van der Waals surface area contributed by atoms with Crippen LogP contribution in [-0.2, 0) is 10.0 Å². The summed E-state index contributed by atoms with van der Waals surface area (Å²) in [5.74, 6) is -0.0272. The minimum Gasteiger partial charge on any atom is -0.215 e. The number of nitrogens with one attached hydrogen (secondary N) is 1. The Balaban J connectivity index is 2.01. The average Bonchev–Trinajstić information content (AvgIpc) is 2.59. The van der Waals surface area contributed by atoms with Gasteiger partial charge in [-0.3, -0.25) is 0 Å². The molecule has 2 aromatic rings. The summed E-state index contributed by atoms with van der Waals surface area (Å²) in [5.41, 5.74) is 2.40. The average molecular weight is 349 g/mol. The Hall–Kier alpha value is -1.72. The van der Waals surface area contributed by atoms with E-state index < -0.39 is 10.0 Å². The van der Waals surface area contributed by atoms with Gasteiger partial charge in [0.15, 0.2) is 0 Å². The van der Waals surface area contributed by atoms with Crippen molar-refractivity contribution in [1.82, 2.24) is 4.72 Å². The van der Waals surface area contributed by atoms with Crippen LogP contribution in [0.25, 0.3) is 11.1 Å². The summed E-state index contributed by atoms with van der Waals surface area (Å²) in [5, 5.41) is 0. The predicted octanol–water partition coefficient (Wildman–Crippen LogP) is 4.32. The summed E-state index contributed by atoms with van der Waals surface area (Å²) in [4.78, 5) is 0. The maximum absolute atomic E-state index is 13.8. The molecule has 0 amide bonds. The predicted molar refractivity (Wildman–Crippen MR) is 96.9 cm³/mol. The van der Waals surface area contributed by atoms with Gasteiger partial charge in [0.25, 0.3) is 0 Å². The summed E-state index contributed by atoms with van der Waals surface area (Å²) < 4.78 is 40.2. The van der Waals surface area contributed by atoms with E-state index in [0.717, 1.165) is 17.5 Å². The topological polar surface area (TPSA) is 46.2 Å². The second-order valence-corrected chi connectivity index (χ2v) is 7.95. The van der Waals surface area contributed by atoms with Crippen LogP contribution in [0.1, 0.15) is 38.2 Å². The number of hydrogen-bond acceptors (Lipinski definition) is 2. The van der Waals surface area contributed by atoms with Crippen molar-refractivity contribution in [2.45, 2.75) is 32.6 Å². The molecule has 130 valence electrons. The van der Waals surface area contributed by atoms with Crippen LogP contribution < -0.4 is 4.72 Å². The first kappa shape index (κ1) is 18.6. The molecule has 0 spiro atoms. The fraction of sp³-hybridized carbons (Fsp3) is 0.368. The lowest BCUT2D eigenvalue weighted by molar-refractivity contribution is 0.571. The van der Waals surface area contributed by atoms with E-state index in [4.69, 9.17) is 0 Å². The molecule has 0 aliphatic heterocycles. The second kappa shape index (κ2) is 8.40. The van der Waals surface area contributed by atoms with E-state index in [9.17, 15) is 12.8 Å². The van der Waals surface area contributed by atoms with E-state index in [1.54, 1.807) is 18.2 Å². The molecule has 2 rings (SSSR count). The smallest absolute Gasteiger partial charge is 0.211 e. The Bertz CT molecular complexity index is 757. The molecule has 0 fully saturated rings. The first-order chi connectivity index (χ1) is 11.4. The van der Waals surface area contributed by atoms with Crippen LogP contribution in [-0.4, -0.2) is 20.7 Å². The normalized spacial score (nSPS) is 13.0.